The molecule has 1 saturated carbocycles. The normalized spacial score (nSPS) is 14.8. The number of nitrogens with one attached hydrogen (secondary N) is 3. The first-order valence-corrected chi connectivity index (χ1v) is 9.86. The Morgan fingerprint density at radius 2 is 1.96 bits per heavy atom. The summed E-state index contributed by atoms with van der Waals surface area (Å²) in [6, 6.07) is 7.31. The maximum Gasteiger partial charge on any atom is 0.261 e. The van der Waals surface area contributed by atoms with E-state index >= 15 is 0 Å². The van der Waals surface area contributed by atoms with E-state index in [9.17, 15) is 14.4 Å². The third-order valence-corrected chi connectivity index (χ3v) is 5.45. The first-order valence-electron chi connectivity index (χ1n) is 8.98. The van der Waals surface area contributed by atoms with Gasteiger partial charge in [0.2, 0.25) is 5.91 Å². The summed E-state index contributed by atoms with van der Waals surface area (Å²) >= 11 is 1.52. The highest BCUT2D eigenvalue weighted by Crippen LogP contribution is 2.21. The van der Waals surface area contributed by atoms with Gasteiger partial charge in [-0.15, -0.1) is 11.3 Å². The van der Waals surface area contributed by atoms with Crippen LogP contribution in [0.15, 0.2) is 34.4 Å². The van der Waals surface area contributed by atoms with Crippen LogP contribution in [0.25, 0.3) is 10.6 Å². The summed E-state index contributed by atoms with van der Waals surface area (Å²) in [7, 11) is 0. The van der Waals surface area contributed by atoms with Crippen molar-refractivity contribution in [2.24, 2.45) is 0 Å². The largest absolute Gasteiger partial charge is 0.353 e. The Kier molecular flexibility index (Phi) is 6.22. The monoisotopic (exact) mass is 373 g/mol. The van der Waals surface area contributed by atoms with Crippen molar-refractivity contribution >= 4 is 23.2 Å². The molecule has 26 heavy (non-hydrogen) atoms. The Hall–Kier alpha value is -2.41. The van der Waals surface area contributed by atoms with E-state index in [2.05, 4.69) is 15.6 Å². The van der Waals surface area contributed by atoms with Gasteiger partial charge >= 0.3 is 0 Å². The number of thiophene rings is 1. The van der Waals surface area contributed by atoms with Crippen LogP contribution < -0.4 is 16.2 Å². The van der Waals surface area contributed by atoms with Crippen LogP contribution in [-0.4, -0.2) is 29.4 Å². The lowest BCUT2D eigenvalue weighted by Crippen LogP contribution is -2.38. The van der Waals surface area contributed by atoms with E-state index in [-0.39, 0.29) is 30.5 Å². The van der Waals surface area contributed by atoms with Crippen LogP contribution in [0.2, 0.25) is 0 Å². The summed E-state index contributed by atoms with van der Waals surface area (Å²) in [6.45, 7) is 0.212. The molecule has 2 heterocycles. The van der Waals surface area contributed by atoms with E-state index in [1.807, 2.05) is 17.5 Å². The highest BCUT2D eigenvalue weighted by atomic mass is 32.1. The number of aromatic amines is 1. The standard InChI is InChI=1S/C19H23N3O3S/c23-17(21-13-5-2-1-3-6-13)10-11-20-18(24)14-8-9-15(22-19(14)25)16-7-4-12-26-16/h4,7-9,12-13H,1-3,5-6,10-11H2,(H,20,24)(H,21,23)(H,22,25). The van der Waals surface area contributed by atoms with Crippen LogP contribution in [0, 0.1) is 0 Å². The maximum absolute atomic E-state index is 12.2. The molecule has 3 rings (SSSR count). The number of amides is 2. The lowest BCUT2D eigenvalue weighted by atomic mass is 9.95. The van der Waals surface area contributed by atoms with Crippen LogP contribution in [0.1, 0.15) is 48.9 Å². The van der Waals surface area contributed by atoms with Crippen LogP contribution in [0.4, 0.5) is 0 Å². The minimum atomic E-state index is -0.463. The van der Waals surface area contributed by atoms with E-state index in [0.29, 0.717) is 5.69 Å². The molecular weight excluding hydrogens is 350 g/mol. The molecule has 2 aromatic heterocycles. The van der Waals surface area contributed by atoms with E-state index in [1.165, 1.54) is 23.8 Å². The summed E-state index contributed by atoms with van der Waals surface area (Å²) < 4.78 is 0. The summed E-state index contributed by atoms with van der Waals surface area (Å²) in [5.41, 5.74) is 0.312. The third kappa shape index (κ3) is 4.82. The first-order chi connectivity index (χ1) is 12.6. The average molecular weight is 373 g/mol. The highest BCUT2D eigenvalue weighted by molar-refractivity contribution is 7.13. The Morgan fingerprint density at radius 1 is 1.15 bits per heavy atom. The van der Waals surface area contributed by atoms with Gasteiger partial charge in [0.1, 0.15) is 5.56 Å². The second-order valence-electron chi connectivity index (χ2n) is 6.50. The molecule has 7 heteroatoms. The van der Waals surface area contributed by atoms with Gasteiger partial charge in [-0.2, -0.15) is 0 Å². The number of pyridine rings is 1. The fourth-order valence-corrected chi connectivity index (χ4v) is 3.87. The number of carbonyl (C=O) groups is 2. The number of carbonyl (C=O) groups excluding carboxylic acids is 2. The average Bonchev–Trinajstić information content (AvgIpc) is 3.17. The zero-order valence-corrected chi connectivity index (χ0v) is 15.4. The van der Waals surface area contributed by atoms with Crippen molar-refractivity contribution in [1.29, 1.82) is 0 Å². The smallest absolute Gasteiger partial charge is 0.261 e. The van der Waals surface area contributed by atoms with Crippen molar-refractivity contribution in [2.45, 2.75) is 44.6 Å². The van der Waals surface area contributed by atoms with Gasteiger partial charge in [0.25, 0.3) is 11.5 Å². The molecule has 1 aliphatic carbocycles. The van der Waals surface area contributed by atoms with E-state index in [4.69, 9.17) is 0 Å². The third-order valence-electron chi connectivity index (χ3n) is 4.55. The molecule has 6 nitrogen and oxygen atoms in total. The van der Waals surface area contributed by atoms with Crippen molar-refractivity contribution < 1.29 is 9.59 Å². The quantitative estimate of drug-likeness (QED) is 0.727. The number of aromatic nitrogens is 1. The fourth-order valence-electron chi connectivity index (χ4n) is 3.16. The molecule has 1 aliphatic rings. The molecule has 0 bridgehead atoms. The van der Waals surface area contributed by atoms with E-state index < -0.39 is 11.5 Å². The molecule has 2 aromatic rings. The Morgan fingerprint density at radius 3 is 2.65 bits per heavy atom. The predicted octanol–water partition coefficient (Wildman–Crippen LogP) is 2.67. The van der Waals surface area contributed by atoms with Crippen molar-refractivity contribution in [3.63, 3.8) is 0 Å². The van der Waals surface area contributed by atoms with E-state index in [0.717, 1.165) is 30.6 Å². The SMILES string of the molecule is O=C(CCNC(=O)c1ccc(-c2cccs2)[nH]c1=O)NC1CCCCC1. The molecule has 3 N–H and O–H groups in total. The van der Waals surface area contributed by atoms with Crippen molar-refractivity contribution in [2.75, 3.05) is 6.54 Å². The van der Waals surface area contributed by atoms with Gasteiger partial charge in [0, 0.05) is 19.0 Å². The van der Waals surface area contributed by atoms with Crippen molar-refractivity contribution in [1.82, 2.24) is 15.6 Å². The fraction of sp³-hybridized carbons (Fsp3) is 0.421. The molecule has 0 aliphatic heterocycles. The minimum absolute atomic E-state index is 0.0537. The predicted molar refractivity (Wildman–Crippen MR) is 102 cm³/mol. The number of hydrogen-bond donors (Lipinski definition) is 3. The molecule has 0 radical (unpaired) electrons. The summed E-state index contributed by atoms with van der Waals surface area (Å²) in [4.78, 5) is 39.9. The van der Waals surface area contributed by atoms with Gasteiger partial charge in [-0.1, -0.05) is 25.3 Å². The molecule has 0 spiro atoms. The number of H-pyrrole nitrogens is 1. The second kappa shape index (κ2) is 8.80. The van der Waals surface area contributed by atoms with Gasteiger partial charge in [0.15, 0.2) is 0 Å². The topological polar surface area (TPSA) is 91.1 Å². The lowest BCUT2D eigenvalue weighted by Gasteiger charge is -2.22. The van der Waals surface area contributed by atoms with Crippen molar-refractivity contribution in [3.05, 3.63) is 45.6 Å². The highest BCUT2D eigenvalue weighted by Gasteiger charge is 2.16. The van der Waals surface area contributed by atoms with Gasteiger partial charge in [0.05, 0.1) is 10.6 Å². The van der Waals surface area contributed by atoms with Crippen molar-refractivity contribution in [3.8, 4) is 10.6 Å². The number of rotatable bonds is 6. The molecular formula is C19H23N3O3S. The molecule has 1 fully saturated rings. The zero-order chi connectivity index (χ0) is 18.4. The Bertz CT molecular complexity index is 808. The van der Waals surface area contributed by atoms with Crippen LogP contribution >= 0.6 is 11.3 Å². The minimum Gasteiger partial charge on any atom is -0.353 e. The van der Waals surface area contributed by atoms with Crippen LogP contribution in [-0.2, 0) is 4.79 Å². The van der Waals surface area contributed by atoms with Crippen LogP contribution in [0.5, 0.6) is 0 Å². The van der Waals surface area contributed by atoms with Crippen LogP contribution in [0.3, 0.4) is 0 Å². The Labute approximate surface area is 156 Å². The first kappa shape index (κ1) is 18.4. The molecule has 0 atom stereocenters. The Balaban J connectivity index is 1.49. The molecule has 2 amide bonds. The zero-order valence-electron chi connectivity index (χ0n) is 14.5. The maximum atomic E-state index is 12.2. The van der Waals surface area contributed by atoms with Gasteiger partial charge < -0.3 is 15.6 Å². The molecule has 0 aromatic carbocycles. The van der Waals surface area contributed by atoms with E-state index in [1.54, 1.807) is 6.07 Å². The summed E-state index contributed by atoms with van der Waals surface area (Å²) in [5.74, 6) is -0.520. The molecule has 0 saturated heterocycles. The van der Waals surface area contributed by atoms with Gasteiger partial charge in [-0.3, -0.25) is 14.4 Å². The lowest BCUT2D eigenvalue weighted by molar-refractivity contribution is -0.121. The molecule has 0 unspecified atom stereocenters. The summed E-state index contributed by atoms with van der Waals surface area (Å²) in [5, 5.41) is 7.58. The molecule has 138 valence electrons. The number of hydrogen-bond acceptors (Lipinski definition) is 4. The van der Waals surface area contributed by atoms with Gasteiger partial charge in [-0.25, -0.2) is 0 Å². The van der Waals surface area contributed by atoms with Gasteiger partial charge in [-0.05, 0) is 36.4 Å². The summed E-state index contributed by atoms with van der Waals surface area (Å²) in [6.07, 6.45) is 5.83. The second-order valence-corrected chi connectivity index (χ2v) is 7.45.